The normalized spacial score (nSPS) is 22.9. The first-order valence-electron chi connectivity index (χ1n) is 12.5. The standard InChI is InChI=1S/C26H27F3N2O6S/c27-26(28,29)37-17-10-12-18(13-11-17)38(35,36)31-21-6-2-1-4-19(21)25(20-5-3-7-22(20)31)30(16-8-9-16)23(32)14-15-24(33)34/h1-2,4,6,10-13,16,20,22,25H,3,5,7-9,14-15H2,(H,33,34)/t20-,22+,25-/m0/s1. The molecule has 1 heterocycles. The maximum absolute atomic E-state index is 13.9. The second kappa shape index (κ2) is 9.79. The molecule has 0 saturated heterocycles. The number of sulfonamides is 1. The zero-order valence-electron chi connectivity index (χ0n) is 20.3. The van der Waals surface area contributed by atoms with E-state index in [1.165, 1.54) is 4.31 Å². The Morgan fingerprint density at radius 1 is 1.00 bits per heavy atom. The first-order chi connectivity index (χ1) is 18.0. The van der Waals surface area contributed by atoms with Gasteiger partial charge in [0.1, 0.15) is 5.75 Å². The quantitative estimate of drug-likeness (QED) is 0.502. The van der Waals surface area contributed by atoms with E-state index in [0.717, 1.165) is 43.5 Å². The van der Waals surface area contributed by atoms with Crippen molar-refractivity contribution in [1.82, 2.24) is 4.90 Å². The monoisotopic (exact) mass is 552 g/mol. The summed E-state index contributed by atoms with van der Waals surface area (Å²) in [6, 6.07) is 10.3. The third-order valence-corrected chi connectivity index (χ3v) is 9.28. The van der Waals surface area contributed by atoms with Crippen LogP contribution < -0.4 is 9.04 Å². The average molecular weight is 553 g/mol. The van der Waals surface area contributed by atoms with E-state index in [1.54, 1.807) is 29.2 Å². The van der Waals surface area contributed by atoms with Crippen LogP contribution in [0.5, 0.6) is 5.75 Å². The molecular formula is C26H27F3N2O6S. The molecule has 2 fully saturated rings. The summed E-state index contributed by atoms with van der Waals surface area (Å²) in [5, 5.41) is 9.11. The predicted octanol–water partition coefficient (Wildman–Crippen LogP) is 4.86. The number of aliphatic carboxylic acids is 1. The zero-order chi connectivity index (χ0) is 27.2. The van der Waals surface area contributed by atoms with Crippen LogP contribution in [0.4, 0.5) is 18.9 Å². The minimum atomic E-state index is -4.90. The van der Waals surface area contributed by atoms with Gasteiger partial charge in [-0.1, -0.05) is 24.6 Å². The van der Waals surface area contributed by atoms with Crippen molar-refractivity contribution >= 4 is 27.6 Å². The summed E-state index contributed by atoms with van der Waals surface area (Å²) in [5.41, 5.74) is 1.10. The van der Waals surface area contributed by atoms with Crippen molar-refractivity contribution in [2.45, 2.75) is 74.3 Å². The van der Waals surface area contributed by atoms with Gasteiger partial charge in [-0.05, 0) is 61.6 Å². The summed E-state index contributed by atoms with van der Waals surface area (Å²) >= 11 is 0. The molecule has 1 amide bonds. The number of halogens is 3. The number of para-hydroxylation sites is 1. The SMILES string of the molecule is O=C(O)CCC(=O)N(C1CC1)[C@H]1c2ccccc2N(S(=O)(=O)c2ccc(OC(F)(F)F)cc2)[C@@H]2CCC[C@@H]21. The molecule has 8 nitrogen and oxygen atoms in total. The van der Waals surface area contributed by atoms with E-state index in [4.69, 9.17) is 5.11 Å². The molecule has 2 saturated carbocycles. The van der Waals surface area contributed by atoms with E-state index in [2.05, 4.69) is 4.74 Å². The Morgan fingerprint density at radius 2 is 1.68 bits per heavy atom. The molecule has 5 rings (SSSR count). The fourth-order valence-corrected chi connectivity index (χ4v) is 7.60. The van der Waals surface area contributed by atoms with Gasteiger partial charge in [0.25, 0.3) is 10.0 Å². The summed E-state index contributed by atoms with van der Waals surface area (Å²) in [6.07, 6.45) is -1.70. The molecule has 2 aromatic carbocycles. The van der Waals surface area contributed by atoms with Crippen molar-refractivity contribution in [2.75, 3.05) is 4.31 Å². The molecule has 1 aliphatic heterocycles. The number of hydrogen-bond acceptors (Lipinski definition) is 5. The molecule has 0 unspecified atom stereocenters. The van der Waals surface area contributed by atoms with Crippen molar-refractivity contribution in [3.05, 3.63) is 54.1 Å². The van der Waals surface area contributed by atoms with E-state index in [0.29, 0.717) is 24.1 Å². The van der Waals surface area contributed by atoms with Crippen molar-refractivity contribution < 1.29 is 41.0 Å². The van der Waals surface area contributed by atoms with Crippen LogP contribution in [0, 0.1) is 5.92 Å². The fraction of sp³-hybridized carbons (Fsp3) is 0.462. The van der Waals surface area contributed by atoms with Gasteiger partial charge in [0.15, 0.2) is 0 Å². The minimum Gasteiger partial charge on any atom is -0.481 e. The number of amides is 1. The van der Waals surface area contributed by atoms with Gasteiger partial charge in [0, 0.05) is 18.4 Å². The second-order valence-corrected chi connectivity index (χ2v) is 11.7. The maximum Gasteiger partial charge on any atom is 0.573 e. The van der Waals surface area contributed by atoms with Gasteiger partial charge >= 0.3 is 12.3 Å². The predicted molar refractivity (Wildman–Crippen MR) is 130 cm³/mol. The smallest absolute Gasteiger partial charge is 0.481 e. The van der Waals surface area contributed by atoms with Gasteiger partial charge in [-0.2, -0.15) is 0 Å². The molecule has 0 spiro atoms. The summed E-state index contributed by atoms with van der Waals surface area (Å²) < 4.78 is 70.9. The van der Waals surface area contributed by atoms with Gasteiger partial charge in [0.2, 0.25) is 5.91 Å². The molecule has 1 N–H and O–H groups in total. The van der Waals surface area contributed by atoms with Gasteiger partial charge in [-0.3, -0.25) is 13.9 Å². The highest BCUT2D eigenvalue weighted by Gasteiger charge is 2.52. The summed E-state index contributed by atoms with van der Waals surface area (Å²) in [5.74, 6) is -2.03. The van der Waals surface area contributed by atoms with Crippen LogP contribution in [0.1, 0.15) is 56.6 Å². The van der Waals surface area contributed by atoms with Gasteiger partial charge in [-0.15, -0.1) is 13.2 Å². The van der Waals surface area contributed by atoms with E-state index >= 15 is 0 Å². The number of carboxylic acids is 1. The lowest BCUT2D eigenvalue weighted by molar-refractivity contribution is -0.274. The van der Waals surface area contributed by atoms with E-state index in [9.17, 15) is 31.2 Å². The Labute approximate surface area is 218 Å². The van der Waals surface area contributed by atoms with Crippen molar-refractivity contribution in [3.8, 4) is 5.75 Å². The highest BCUT2D eigenvalue weighted by molar-refractivity contribution is 7.92. The number of anilines is 1. The van der Waals surface area contributed by atoms with Crippen LogP contribution >= 0.6 is 0 Å². The van der Waals surface area contributed by atoms with Crippen LogP contribution in [-0.4, -0.2) is 48.7 Å². The van der Waals surface area contributed by atoms with E-state index in [-0.39, 0.29) is 41.6 Å². The number of benzene rings is 2. The fourth-order valence-electron chi connectivity index (χ4n) is 5.85. The number of carbonyl (C=O) groups is 2. The third kappa shape index (κ3) is 5.05. The summed E-state index contributed by atoms with van der Waals surface area (Å²) in [6.45, 7) is 0. The Bertz CT molecular complexity index is 1330. The van der Waals surface area contributed by atoms with E-state index < -0.39 is 34.1 Å². The molecule has 0 aromatic heterocycles. The van der Waals surface area contributed by atoms with Crippen LogP contribution in [-0.2, 0) is 19.6 Å². The molecule has 12 heteroatoms. The Hall–Kier alpha value is -3.28. The lowest BCUT2D eigenvalue weighted by Crippen LogP contribution is -2.52. The summed E-state index contributed by atoms with van der Waals surface area (Å²) in [7, 11) is -4.17. The van der Waals surface area contributed by atoms with Crippen LogP contribution in [0.15, 0.2) is 53.4 Å². The number of ether oxygens (including phenoxy) is 1. The number of rotatable bonds is 8. The molecule has 204 valence electrons. The molecule has 38 heavy (non-hydrogen) atoms. The van der Waals surface area contributed by atoms with Crippen LogP contribution in [0.2, 0.25) is 0 Å². The molecule has 3 atom stereocenters. The third-order valence-electron chi connectivity index (χ3n) is 7.43. The maximum atomic E-state index is 13.9. The lowest BCUT2D eigenvalue weighted by atomic mass is 9.82. The number of hydrogen-bond donors (Lipinski definition) is 1. The largest absolute Gasteiger partial charge is 0.573 e. The molecule has 0 bridgehead atoms. The molecule has 3 aliphatic rings. The number of carbonyl (C=O) groups excluding carboxylic acids is 1. The van der Waals surface area contributed by atoms with Crippen molar-refractivity contribution in [1.29, 1.82) is 0 Å². The van der Waals surface area contributed by atoms with Crippen molar-refractivity contribution in [3.63, 3.8) is 0 Å². The topological polar surface area (TPSA) is 104 Å². The molecular weight excluding hydrogens is 525 g/mol. The highest BCUT2D eigenvalue weighted by Crippen LogP contribution is 2.54. The van der Waals surface area contributed by atoms with E-state index in [1.807, 2.05) is 0 Å². The second-order valence-electron chi connectivity index (χ2n) is 9.91. The lowest BCUT2D eigenvalue weighted by Gasteiger charge is -2.48. The average Bonchev–Trinajstić information content (AvgIpc) is 3.57. The Kier molecular flexibility index (Phi) is 6.79. The zero-order valence-corrected chi connectivity index (χ0v) is 21.1. The van der Waals surface area contributed by atoms with Crippen molar-refractivity contribution in [2.24, 2.45) is 5.92 Å². The highest BCUT2D eigenvalue weighted by atomic mass is 32.2. The molecule has 2 aromatic rings. The minimum absolute atomic E-state index is 0.0139. The number of fused-ring (bicyclic) bond motifs is 2. The Balaban J connectivity index is 1.54. The number of alkyl halides is 3. The first-order valence-corrected chi connectivity index (χ1v) is 13.9. The molecule has 0 radical (unpaired) electrons. The van der Waals surface area contributed by atoms with Crippen LogP contribution in [0.25, 0.3) is 0 Å². The van der Waals surface area contributed by atoms with Crippen LogP contribution in [0.3, 0.4) is 0 Å². The number of carboxylic acid groups (broad SMARTS) is 1. The summed E-state index contributed by atoms with van der Waals surface area (Å²) in [4.78, 5) is 26.1. The van der Waals surface area contributed by atoms with Gasteiger partial charge < -0.3 is 14.7 Å². The first kappa shape index (κ1) is 26.3. The van der Waals surface area contributed by atoms with Gasteiger partial charge in [-0.25, -0.2) is 8.42 Å². The number of nitrogens with zero attached hydrogens (tertiary/aromatic N) is 2. The van der Waals surface area contributed by atoms with Gasteiger partial charge in [0.05, 0.1) is 29.1 Å². The Morgan fingerprint density at radius 3 is 2.32 bits per heavy atom. The molecule has 2 aliphatic carbocycles.